The van der Waals surface area contributed by atoms with E-state index in [9.17, 15) is 14.9 Å². The number of aromatic nitrogens is 3. The monoisotopic (exact) mass is 423 g/mol. The maximum atomic E-state index is 12.9. The molecule has 0 saturated heterocycles. The quantitative estimate of drug-likeness (QED) is 0.368. The molecule has 1 N–H and O–H groups in total. The molecule has 0 aliphatic rings. The highest BCUT2D eigenvalue weighted by Crippen LogP contribution is 2.30. The minimum atomic E-state index is -0.467. The van der Waals surface area contributed by atoms with Crippen molar-refractivity contribution in [1.29, 1.82) is 0 Å². The summed E-state index contributed by atoms with van der Waals surface area (Å²) >= 11 is 1.25. The van der Waals surface area contributed by atoms with E-state index < -0.39 is 4.92 Å². The molecule has 0 atom stereocenters. The zero-order valence-electron chi connectivity index (χ0n) is 16.4. The van der Waals surface area contributed by atoms with Crippen LogP contribution in [0.4, 0.5) is 11.5 Å². The fourth-order valence-electron chi connectivity index (χ4n) is 2.94. The van der Waals surface area contributed by atoms with Crippen LogP contribution in [0.25, 0.3) is 16.5 Å². The zero-order valence-corrected chi connectivity index (χ0v) is 17.2. The fourth-order valence-corrected chi connectivity index (χ4v) is 3.86. The Balaban J connectivity index is 1.61. The third kappa shape index (κ3) is 3.72. The van der Waals surface area contributed by atoms with Gasteiger partial charge in [-0.05, 0) is 45.0 Å². The molecule has 1 amide bonds. The Morgan fingerprint density at radius 1 is 1.17 bits per heavy atom. The number of nitrogens with one attached hydrogen (secondary N) is 1. The molecule has 30 heavy (non-hydrogen) atoms. The molecule has 0 aliphatic carbocycles. The molecular weight excluding hydrogens is 406 g/mol. The van der Waals surface area contributed by atoms with Crippen LogP contribution in [0.1, 0.15) is 26.8 Å². The molecule has 9 nitrogen and oxygen atoms in total. The molecule has 1 aromatic carbocycles. The van der Waals surface area contributed by atoms with Gasteiger partial charge in [0.1, 0.15) is 16.5 Å². The number of benzene rings is 1. The number of carbonyl (C=O) groups excluding carboxylic acids is 1. The van der Waals surface area contributed by atoms with Crippen molar-refractivity contribution < 1.29 is 14.1 Å². The summed E-state index contributed by atoms with van der Waals surface area (Å²) in [6.45, 7) is 5.41. The van der Waals surface area contributed by atoms with Crippen molar-refractivity contribution >= 4 is 28.7 Å². The number of nitrogens with zero attached hydrogens (tertiary/aromatic N) is 4. The minimum absolute atomic E-state index is 0.0193. The van der Waals surface area contributed by atoms with E-state index in [1.165, 1.54) is 28.2 Å². The third-order valence-electron chi connectivity index (χ3n) is 4.33. The van der Waals surface area contributed by atoms with Crippen molar-refractivity contribution in [3.63, 3.8) is 0 Å². The van der Waals surface area contributed by atoms with E-state index in [4.69, 9.17) is 4.42 Å². The maximum Gasteiger partial charge on any atom is 0.269 e. The topological polar surface area (TPSA) is 116 Å². The number of amides is 1. The van der Waals surface area contributed by atoms with Crippen LogP contribution in [0.2, 0.25) is 0 Å². The lowest BCUT2D eigenvalue weighted by Crippen LogP contribution is -2.15. The Kier molecular flexibility index (Phi) is 4.92. The second-order valence-electron chi connectivity index (χ2n) is 6.65. The lowest BCUT2D eigenvalue weighted by atomic mass is 10.3. The number of rotatable bonds is 5. The Hall–Kier alpha value is -3.79. The number of hydrogen-bond acceptors (Lipinski definition) is 7. The van der Waals surface area contributed by atoms with E-state index in [0.717, 1.165) is 5.76 Å². The van der Waals surface area contributed by atoms with Crippen molar-refractivity contribution in [3.8, 4) is 16.5 Å². The largest absolute Gasteiger partial charge is 0.459 e. The van der Waals surface area contributed by atoms with Crippen molar-refractivity contribution in [2.45, 2.75) is 20.8 Å². The van der Waals surface area contributed by atoms with E-state index in [2.05, 4.69) is 15.4 Å². The number of anilines is 1. The smallest absolute Gasteiger partial charge is 0.269 e. The highest BCUT2D eigenvalue weighted by atomic mass is 32.1. The molecule has 4 rings (SSSR count). The van der Waals surface area contributed by atoms with Gasteiger partial charge in [-0.2, -0.15) is 5.10 Å². The van der Waals surface area contributed by atoms with Crippen LogP contribution in [0.15, 0.2) is 46.9 Å². The molecule has 0 aliphatic heterocycles. The van der Waals surface area contributed by atoms with Gasteiger partial charge in [-0.1, -0.05) is 0 Å². The zero-order chi connectivity index (χ0) is 21.4. The fraction of sp³-hybridized carbons (Fsp3) is 0.150. The number of aryl methyl sites for hydroxylation is 3. The van der Waals surface area contributed by atoms with Gasteiger partial charge in [0.2, 0.25) is 0 Å². The van der Waals surface area contributed by atoms with Gasteiger partial charge in [-0.25, -0.2) is 9.67 Å². The second kappa shape index (κ2) is 7.56. The van der Waals surface area contributed by atoms with Crippen LogP contribution in [-0.2, 0) is 0 Å². The van der Waals surface area contributed by atoms with Gasteiger partial charge in [0.25, 0.3) is 11.6 Å². The summed E-state index contributed by atoms with van der Waals surface area (Å²) in [6.07, 6.45) is 0. The van der Waals surface area contributed by atoms with Gasteiger partial charge in [0, 0.05) is 18.2 Å². The predicted octanol–water partition coefficient (Wildman–Crippen LogP) is 4.67. The molecule has 0 saturated carbocycles. The molecule has 152 valence electrons. The van der Waals surface area contributed by atoms with Gasteiger partial charge in [0.15, 0.2) is 10.8 Å². The number of thiazole rings is 1. The first-order valence-electron chi connectivity index (χ1n) is 8.99. The second-order valence-corrected chi connectivity index (χ2v) is 7.65. The SMILES string of the molecule is Cc1cc(NC(=O)c2sc(-c3ccc(C)o3)nc2C)n(-c2ccc([N+](=O)[O-])cc2)n1. The molecule has 0 fully saturated rings. The first-order valence-corrected chi connectivity index (χ1v) is 9.80. The van der Waals surface area contributed by atoms with E-state index in [0.29, 0.717) is 38.5 Å². The molecule has 0 radical (unpaired) electrons. The van der Waals surface area contributed by atoms with Crippen LogP contribution < -0.4 is 5.32 Å². The third-order valence-corrected chi connectivity index (χ3v) is 5.50. The Morgan fingerprint density at radius 2 is 1.90 bits per heavy atom. The summed E-state index contributed by atoms with van der Waals surface area (Å²) < 4.78 is 7.13. The maximum absolute atomic E-state index is 12.9. The van der Waals surface area contributed by atoms with Crippen molar-refractivity contribution in [3.05, 3.63) is 74.6 Å². The van der Waals surface area contributed by atoms with Crippen LogP contribution in [0.5, 0.6) is 0 Å². The van der Waals surface area contributed by atoms with Crippen LogP contribution in [0, 0.1) is 30.9 Å². The van der Waals surface area contributed by atoms with Crippen LogP contribution in [0.3, 0.4) is 0 Å². The van der Waals surface area contributed by atoms with E-state index >= 15 is 0 Å². The lowest BCUT2D eigenvalue weighted by molar-refractivity contribution is -0.384. The Bertz CT molecular complexity index is 1250. The van der Waals surface area contributed by atoms with Crippen molar-refractivity contribution in [1.82, 2.24) is 14.8 Å². The summed E-state index contributed by atoms with van der Waals surface area (Å²) in [5, 5.41) is 18.8. The molecule has 10 heteroatoms. The summed E-state index contributed by atoms with van der Waals surface area (Å²) in [6, 6.07) is 11.3. The predicted molar refractivity (Wildman–Crippen MR) is 112 cm³/mol. The summed E-state index contributed by atoms with van der Waals surface area (Å²) in [5.41, 5.74) is 1.86. The van der Waals surface area contributed by atoms with Gasteiger partial charge < -0.3 is 9.73 Å². The number of nitro groups is 1. The number of non-ortho nitro benzene ring substituents is 1. The summed E-state index contributed by atoms with van der Waals surface area (Å²) in [4.78, 5) is 28.2. The normalized spacial score (nSPS) is 10.9. The Morgan fingerprint density at radius 3 is 2.53 bits per heavy atom. The van der Waals surface area contributed by atoms with E-state index in [1.807, 2.05) is 19.1 Å². The molecule has 0 unspecified atom stereocenters. The molecule has 3 aromatic heterocycles. The molecule has 4 aromatic rings. The van der Waals surface area contributed by atoms with Gasteiger partial charge in [-0.15, -0.1) is 11.3 Å². The van der Waals surface area contributed by atoms with Gasteiger partial charge >= 0.3 is 0 Å². The average molecular weight is 423 g/mol. The lowest BCUT2D eigenvalue weighted by Gasteiger charge is -2.08. The number of hydrogen-bond donors (Lipinski definition) is 1. The molecule has 0 bridgehead atoms. The molecule has 3 heterocycles. The van der Waals surface area contributed by atoms with Crippen molar-refractivity contribution in [2.24, 2.45) is 0 Å². The average Bonchev–Trinajstić information content (AvgIpc) is 3.40. The van der Waals surface area contributed by atoms with Gasteiger partial charge in [-0.3, -0.25) is 14.9 Å². The summed E-state index contributed by atoms with van der Waals surface area (Å²) in [5.74, 6) is 1.52. The number of furan rings is 1. The number of carbonyl (C=O) groups is 1. The Labute approximate surface area is 175 Å². The standard InChI is InChI=1S/C20H17N5O4S/c1-11-10-17(24(23-11)14-5-7-15(8-6-14)25(27)28)22-19(26)18-13(3)21-20(30-18)16-9-4-12(2)29-16/h4-10H,1-3H3,(H,22,26). The van der Waals surface area contributed by atoms with Crippen LogP contribution in [-0.4, -0.2) is 25.6 Å². The highest BCUT2D eigenvalue weighted by molar-refractivity contribution is 7.17. The first kappa shape index (κ1) is 19.5. The molecule has 0 spiro atoms. The van der Waals surface area contributed by atoms with Gasteiger partial charge in [0.05, 0.1) is 22.0 Å². The van der Waals surface area contributed by atoms with E-state index in [1.54, 1.807) is 32.0 Å². The first-order chi connectivity index (χ1) is 14.3. The molecular formula is C20H17N5O4S. The van der Waals surface area contributed by atoms with Crippen molar-refractivity contribution in [2.75, 3.05) is 5.32 Å². The number of nitro benzene ring substituents is 1. The van der Waals surface area contributed by atoms with Crippen LogP contribution >= 0.6 is 11.3 Å². The minimum Gasteiger partial charge on any atom is -0.459 e. The summed E-state index contributed by atoms with van der Waals surface area (Å²) in [7, 11) is 0. The van der Waals surface area contributed by atoms with E-state index in [-0.39, 0.29) is 11.6 Å². The highest BCUT2D eigenvalue weighted by Gasteiger charge is 2.20.